The first kappa shape index (κ1) is 14.1. The molecule has 2 heteroatoms. The first-order valence-electron chi connectivity index (χ1n) is 6.07. The van der Waals surface area contributed by atoms with Gasteiger partial charge in [-0.25, -0.2) is 0 Å². The van der Waals surface area contributed by atoms with Crippen LogP contribution in [-0.2, 0) is 9.53 Å². The molecule has 0 N–H and O–H groups in total. The zero-order valence-electron chi connectivity index (χ0n) is 10.7. The number of ether oxygens (including phenoxy) is 1. The number of carbonyl (C=O) groups excluding carboxylic acids is 1. The maximum absolute atomic E-state index is 11.0. The molecule has 0 heterocycles. The van der Waals surface area contributed by atoms with Crippen LogP contribution in [0.5, 0.6) is 0 Å². The fraction of sp³-hybridized carbons (Fsp3) is 0.312. The molecule has 94 valence electrons. The maximum atomic E-state index is 11.0. The maximum Gasteiger partial charge on any atom is 0.303 e. The molecular weight excluding hydrogens is 224 g/mol. The molecule has 0 fully saturated rings. The van der Waals surface area contributed by atoms with Crippen molar-refractivity contribution in [3.8, 4) is 11.8 Å². The van der Waals surface area contributed by atoms with Crippen LogP contribution in [-0.4, -0.2) is 12.1 Å². The minimum absolute atomic E-state index is 0.291. The molecule has 0 aromatic heterocycles. The first-order chi connectivity index (χ1) is 8.72. The lowest BCUT2D eigenvalue weighted by Crippen LogP contribution is -2.14. The quantitative estimate of drug-likeness (QED) is 0.342. The predicted molar refractivity (Wildman–Crippen MR) is 72.9 cm³/mol. The standard InChI is InChI=1S/C16H18O2/c1-3-4-6-11-16(18-14(2)17)13-12-15-9-7-5-8-10-15/h3,5,7-10,16H,1,4,6,11H2,2H3/t16-/m0/s1. The number of hydrogen-bond acceptors (Lipinski definition) is 2. The van der Waals surface area contributed by atoms with Crippen LogP contribution >= 0.6 is 0 Å². The van der Waals surface area contributed by atoms with E-state index in [0.717, 1.165) is 24.8 Å². The van der Waals surface area contributed by atoms with Gasteiger partial charge in [-0.2, -0.15) is 0 Å². The van der Waals surface area contributed by atoms with Gasteiger partial charge in [-0.05, 0) is 31.4 Å². The van der Waals surface area contributed by atoms with Crippen molar-refractivity contribution >= 4 is 5.97 Å². The van der Waals surface area contributed by atoms with Crippen LogP contribution in [0.1, 0.15) is 31.7 Å². The zero-order valence-corrected chi connectivity index (χ0v) is 10.7. The minimum Gasteiger partial charge on any atom is -0.449 e. The molecule has 2 nitrogen and oxygen atoms in total. The summed E-state index contributed by atoms with van der Waals surface area (Å²) in [5.41, 5.74) is 0.929. The highest BCUT2D eigenvalue weighted by Gasteiger charge is 2.07. The molecule has 18 heavy (non-hydrogen) atoms. The Morgan fingerprint density at radius 1 is 1.44 bits per heavy atom. The fourth-order valence-electron chi connectivity index (χ4n) is 1.49. The van der Waals surface area contributed by atoms with E-state index in [1.165, 1.54) is 6.92 Å². The summed E-state index contributed by atoms with van der Waals surface area (Å²) in [7, 11) is 0. The zero-order chi connectivity index (χ0) is 13.2. The Morgan fingerprint density at radius 2 is 2.17 bits per heavy atom. The largest absolute Gasteiger partial charge is 0.449 e. The van der Waals surface area contributed by atoms with Crippen molar-refractivity contribution in [3.63, 3.8) is 0 Å². The van der Waals surface area contributed by atoms with Gasteiger partial charge >= 0.3 is 5.97 Å². The molecule has 1 atom stereocenters. The van der Waals surface area contributed by atoms with E-state index in [4.69, 9.17) is 4.74 Å². The van der Waals surface area contributed by atoms with Gasteiger partial charge in [0.15, 0.2) is 6.10 Å². The van der Waals surface area contributed by atoms with Crippen LogP contribution < -0.4 is 0 Å². The Labute approximate surface area is 109 Å². The van der Waals surface area contributed by atoms with Crippen LogP contribution in [0.25, 0.3) is 0 Å². The van der Waals surface area contributed by atoms with E-state index in [-0.39, 0.29) is 12.1 Å². The van der Waals surface area contributed by atoms with E-state index in [1.807, 2.05) is 36.4 Å². The Morgan fingerprint density at radius 3 is 2.78 bits per heavy atom. The Kier molecular flexibility index (Phi) is 6.35. The molecule has 0 saturated heterocycles. The van der Waals surface area contributed by atoms with Gasteiger partial charge in [-0.1, -0.05) is 36.1 Å². The fourth-order valence-corrected chi connectivity index (χ4v) is 1.49. The SMILES string of the molecule is C=CCCC[C@@H](C#Cc1ccccc1)OC(C)=O. The van der Waals surface area contributed by atoms with E-state index in [2.05, 4.69) is 18.4 Å². The molecule has 0 radical (unpaired) electrons. The second-order valence-corrected chi connectivity index (χ2v) is 3.95. The highest BCUT2D eigenvalue weighted by atomic mass is 16.5. The second-order valence-electron chi connectivity index (χ2n) is 3.95. The summed E-state index contributed by atoms with van der Waals surface area (Å²) in [6, 6.07) is 9.67. The smallest absolute Gasteiger partial charge is 0.303 e. The van der Waals surface area contributed by atoms with Crippen molar-refractivity contribution in [2.45, 2.75) is 32.3 Å². The summed E-state index contributed by atoms with van der Waals surface area (Å²) >= 11 is 0. The van der Waals surface area contributed by atoms with Crippen molar-refractivity contribution in [3.05, 3.63) is 48.6 Å². The molecular formula is C16H18O2. The van der Waals surface area contributed by atoms with Crippen molar-refractivity contribution < 1.29 is 9.53 Å². The highest BCUT2D eigenvalue weighted by Crippen LogP contribution is 2.06. The normalized spacial score (nSPS) is 10.9. The summed E-state index contributed by atoms with van der Waals surface area (Å²) in [5.74, 6) is 5.73. The van der Waals surface area contributed by atoms with Crippen LogP contribution in [0.15, 0.2) is 43.0 Å². The van der Waals surface area contributed by atoms with Crippen molar-refractivity contribution in [2.75, 3.05) is 0 Å². The van der Waals surface area contributed by atoms with Crippen molar-refractivity contribution in [2.24, 2.45) is 0 Å². The summed E-state index contributed by atoms with van der Waals surface area (Å²) in [6.07, 6.45) is 4.10. The highest BCUT2D eigenvalue weighted by molar-refractivity contribution is 5.66. The Hall–Kier alpha value is -2.01. The van der Waals surface area contributed by atoms with Crippen LogP contribution in [0.4, 0.5) is 0 Å². The predicted octanol–water partition coefficient (Wildman–Crippen LogP) is 3.33. The average Bonchev–Trinajstić information content (AvgIpc) is 2.37. The summed E-state index contributed by atoms with van der Waals surface area (Å²) in [4.78, 5) is 11.0. The number of allylic oxidation sites excluding steroid dienone is 1. The summed E-state index contributed by atoms with van der Waals surface area (Å²) < 4.78 is 5.17. The van der Waals surface area contributed by atoms with Crippen LogP contribution in [0.3, 0.4) is 0 Å². The number of esters is 1. The number of unbranched alkanes of at least 4 members (excludes halogenated alkanes) is 1. The van der Waals surface area contributed by atoms with Crippen molar-refractivity contribution in [1.29, 1.82) is 0 Å². The van der Waals surface area contributed by atoms with E-state index >= 15 is 0 Å². The molecule has 0 bridgehead atoms. The molecule has 0 aliphatic rings. The van der Waals surface area contributed by atoms with Crippen LogP contribution in [0, 0.1) is 11.8 Å². The first-order valence-corrected chi connectivity index (χ1v) is 6.07. The van der Waals surface area contributed by atoms with Crippen LogP contribution in [0.2, 0.25) is 0 Å². The lowest BCUT2D eigenvalue weighted by atomic mass is 10.1. The van der Waals surface area contributed by atoms with Gasteiger partial charge in [0.05, 0.1) is 0 Å². The summed E-state index contributed by atoms with van der Waals surface area (Å²) in [6.45, 7) is 5.08. The third-order valence-electron chi connectivity index (χ3n) is 2.33. The lowest BCUT2D eigenvalue weighted by molar-refractivity contribution is -0.143. The van der Waals surface area contributed by atoms with Gasteiger partial charge in [0, 0.05) is 12.5 Å². The topological polar surface area (TPSA) is 26.3 Å². The number of benzene rings is 1. The van der Waals surface area contributed by atoms with Crippen molar-refractivity contribution in [1.82, 2.24) is 0 Å². The Balaban J connectivity index is 2.62. The van der Waals surface area contributed by atoms with Gasteiger partial charge in [-0.3, -0.25) is 4.79 Å². The third-order valence-corrected chi connectivity index (χ3v) is 2.33. The molecule has 1 rings (SSSR count). The number of carbonyl (C=O) groups is 1. The van der Waals surface area contributed by atoms with E-state index < -0.39 is 0 Å². The molecule has 1 aromatic carbocycles. The van der Waals surface area contributed by atoms with Gasteiger partial charge in [-0.15, -0.1) is 6.58 Å². The second kappa shape index (κ2) is 8.14. The molecule has 0 aliphatic carbocycles. The lowest BCUT2D eigenvalue weighted by Gasteiger charge is -2.09. The van der Waals surface area contributed by atoms with Gasteiger partial charge in [0.25, 0.3) is 0 Å². The molecule has 0 aliphatic heterocycles. The van der Waals surface area contributed by atoms with Gasteiger partial charge < -0.3 is 4.74 Å². The molecule has 0 amide bonds. The van der Waals surface area contributed by atoms with Gasteiger partial charge in [0.2, 0.25) is 0 Å². The summed E-state index contributed by atoms with van der Waals surface area (Å²) in [5, 5.41) is 0. The Bertz CT molecular complexity index is 437. The number of rotatable bonds is 5. The van der Waals surface area contributed by atoms with E-state index in [0.29, 0.717) is 0 Å². The monoisotopic (exact) mass is 242 g/mol. The molecule has 1 aromatic rings. The average molecular weight is 242 g/mol. The molecule has 0 saturated carbocycles. The number of hydrogen-bond donors (Lipinski definition) is 0. The molecule has 0 spiro atoms. The third kappa shape index (κ3) is 5.91. The molecule has 0 unspecified atom stereocenters. The van der Waals surface area contributed by atoms with E-state index in [1.54, 1.807) is 0 Å². The minimum atomic E-state index is -0.331. The van der Waals surface area contributed by atoms with Gasteiger partial charge in [0.1, 0.15) is 0 Å². The van der Waals surface area contributed by atoms with E-state index in [9.17, 15) is 4.79 Å².